The van der Waals surface area contributed by atoms with Crippen LogP contribution in [0.5, 0.6) is 0 Å². The van der Waals surface area contributed by atoms with Crippen molar-refractivity contribution in [1.29, 1.82) is 0 Å². The lowest BCUT2D eigenvalue weighted by molar-refractivity contribution is -0.139. The Morgan fingerprint density at radius 1 is 1.40 bits per heavy atom. The highest BCUT2D eigenvalue weighted by atomic mass is 28.2. The Morgan fingerprint density at radius 3 is 2.47 bits per heavy atom. The first-order valence-electron chi connectivity index (χ1n) is 5.27. The lowest BCUT2D eigenvalue weighted by Gasteiger charge is -2.23. The molecule has 0 N–H and O–H groups in total. The monoisotopic (exact) mass is 230 g/mol. The van der Waals surface area contributed by atoms with E-state index in [0.29, 0.717) is 12.2 Å². The van der Waals surface area contributed by atoms with Gasteiger partial charge in [0.25, 0.3) is 0 Å². The van der Waals surface area contributed by atoms with E-state index >= 15 is 0 Å². The summed E-state index contributed by atoms with van der Waals surface area (Å²) in [4.78, 5) is 11.0. The Morgan fingerprint density at radius 2 is 2.00 bits per heavy atom. The molecule has 0 saturated carbocycles. The third-order valence-electron chi connectivity index (χ3n) is 2.31. The van der Waals surface area contributed by atoms with Crippen LogP contribution in [0.25, 0.3) is 0 Å². The van der Waals surface area contributed by atoms with Crippen LogP contribution in [0, 0.1) is 0 Å². The van der Waals surface area contributed by atoms with Crippen molar-refractivity contribution in [3.8, 4) is 0 Å². The Balaban J connectivity index is 3.48. The molecule has 0 spiro atoms. The van der Waals surface area contributed by atoms with Gasteiger partial charge >= 0.3 is 5.97 Å². The quantitative estimate of drug-likeness (QED) is 0.287. The van der Waals surface area contributed by atoms with Gasteiger partial charge in [-0.25, -0.2) is 4.79 Å². The van der Waals surface area contributed by atoms with Crippen molar-refractivity contribution >= 4 is 16.5 Å². The van der Waals surface area contributed by atoms with Gasteiger partial charge in [0.05, 0.1) is 6.61 Å². The zero-order valence-electron chi connectivity index (χ0n) is 10.3. The summed E-state index contributed by atoms with van der Waals surface area (Å²) in [6.07, 6.45) is 2.90. The predicted molar refractivity (Wildman–Crippen MR) is 64.7 cm³/mol. The number of hydrogen-bond acceptors (Lipinski definition) is 3. The second-order valence-electron chi connectivity index (χ2n) is 4.34. The molecule has 15 heavy (non-hydrogen) atoms. The molecule has 0 radical (unpaired) electrons. The average Bonchev–Trinajstić information content (AvgIpc) is 2.16. The SMILES string of the molecule is C=C(C)C(=O)OCCCCC(C)(C)O[SiH3]. The summed E-state index contributed by atoms with van der Waals surface area (Å²) < 4.78 is 10.4. The van der Waals surface area contributed by atoms with Crippen LogP contribution in [-0.4, -0.2) is 28.7 Å². The summed E-state index contributed by atoms with van der Waals surface area (Å²) in [6.45, 7) is 9.81. The molecular formula is C11H22O3Si. The Bertz CT molecular complexity index is 224. The van der Waals surface area contributed by atoms with E-state index in [4.69, 9.17) is 9.16 Å². The van der Waals surface area contributed by atoms with Gasteiger partial charge in [0, 0.05) is 11.2 Å². The average molecular weight is 230 g/mol. The molecule has 3 nitrogen and oxygen atoms in total. The summed E-state index contributed by atoms with van der Waals surface area (Å²) in [5.74, 6) is -0.298. The molecule has 0 aliphatic rings. The van der Waals surface area contributed by atoms with Crippen molar-refractivity contribution in [1.82, 2.24) is 0 Å². The van der Waals surface area contributed by atoms with Crippen molar-refractivity contribution in [3.05, 3.63) is 12.2 Å². The first-order chi connectivity index (χ1) is 6.89. The number of carbonyl (C=O) groups is 1. The van der Waals surface area contributed by atoms with Gasteiger partial charge in [-0.3, -0.25) is 0 Å². The molecule has 0 amide bonds. The van der Waals surface area contributed by atoms with Gasteiger partial charge in [0.2, 0.25) is 0 Å². The van der Waals surface area contributed by atoms with Crippen molar-refractivity contribution in [2.24, 2.45) is 0 Å². The minimum Gasteiger partial charge on any atom is -0.462 e. The topological polar surface area (TPSA) is 35.5 Å². The minimum atomic E-state index is -0.298. The van der Waals surface area contributed by atoms with E-state index in [-0.39, 0.29) is 11.6 Å². The zero-order chi connectivity index (χ0) is 11.9. The summed E-state index contributed by atoms with van der Waals surface area (Å²) in [5.41, 5.74) is 0.433. The maximum atomic E-state index is 11.0. The van der Waals surface area contributed by atoms with Gasteiger partial charge in [0.1, 0.15) is 10.5 Å². The number of esters is 1. The molecule has 0 aromatic rings. The Kier molecular flexibility index (Phi) is 6.52. The Hall–Kier alpha value is -0.613. The van der Waals surface area contributed by atoms with E-state index in [1.807, 2.05) is 0 Å². The number of ether oxygens (including phenoxy) is 1. The highest BCUT2D eigenvalue weighted by molar-refractivity contribution is 5.98. The van der Waals surface area contributed by atoms with Gasteiger partial charge in [-0.1, -0.05) is 6.58 Å². The number of hydrogen-bond donors (Lipinski definition) is 0. The molecule has 0 bridgehead atoms. The predicted octanol–water partition coefficient (Wildman–Crippen LogP) is 1.35. The lowest BCUT2D eigenvalue weighted by Crippen LogP contribution is -2.22. The fourth-order valence-electron chi connectivity index (χ4n) is 1.04. The summed E-state index contributed by atoms with van der Waals surface area (Å²) in [6, 6.07) is 0. The summed E-state index contributed by atoms with van der Waals surface area (Å²) >= 11 is 0. The molecule has 0 rings (SSSR count). The van der Waals surface area contributed by atoms with Crippen LogP contribution in [0.3, 0.4) is 0 Å². The van der Waals surface area contributed by atoms with E-state index < -0.39 is 0 Å². The van der Waals surface area contributed by atoms with Crippen LogP contribution in [-0.2, 0) is 14.0 Å². The molecule has 88 valence electrons. The molecule has 4 heteroatoms. The molecule has 0 unspecified atom stereocenters. The second-order valence-corrected chi connectivity index (χ2v) is 4.75. The van der Waals surface area contributed by atoms with Gasteiger partial charge in [-0.05, 0) is 40.0 Å². The van der Waals surface area contributed by atoms with Gasteiger partial charge in [-0.15, -0.1) is 0 Å². The number of carbonyl (C=O) groups excluding carboxylic acids is 1. The molecule has 0 heterocycles. The third-order valence-corrected chi connectivity index (χ3v) is 3.41. The third kappa shape index (κ3) is 7.33. The second kappa shape index (κ2) is 6.79. The normalized spacial score (nSPS) is 11.4. The highest BCUT2D eigenvalue weighted by Crippen LogP contribution is 2.16. The molecule has 0 aromatic heterocycles. The molecule has 0 saturated heterocycles. The summed E-state index contributed by atoms with van der Waals surface area (Å²) in [5, 5.41) is 0. The van der Waals surface area contributed by atoms with Crippen molar-refractivity contribution < 1.29 is 14.0 Å². The maximum absolute atomic E-state index is 11.0. The van der Waals surface area contributed by atoms with Crippen LogP contribution in [0.2, 0.25) is 0 Å². The fraction of sp³-hybridized carbons (Fsp3) is 0.727. The maximum Gasteiger partial charge on any atom is 0.333 e. The molecule has 0 aliphatic carbocycles. The molecule has 0 atom stereocenters. The standard InChI is InChI=1S/C11H22O3Si/c1-9(2)10(12)13-8-6-5-7-11(3,4)14-15/h1,5-8H2,2-4,15H3. The van der Waals surface area contributed by atoms with Gasteiger partial charge in [-0.2, -0.15) is 0 Å². The largest absolute Gasteiger partial charge is 0.462 e. The van der Waals surface area contributed by atoms with Crippen molar-refractivity contribution in [2.45, 2.75) is 45.6 Å². The zero-order valence-corrected chi connectivity index (χ0v) is 12.3. The van der Waals surface area contributed by atoms with E-state index in [9.17, 15) is 4.79 Å². The minimum absolute atomic E-state index is 0.0232. The highest BCUT2D eigenvalue weighted by Gasteiger charge is 2.14. The fourth-order valence-corrected chi connectivity index (χ4v) is 1.25. The molecule has 0 aliphatic heterocycles. The lowest BCUT2D eigenvalue weighted by atomic mass is 10.0. The molecular weight excluding hydrogens is 208 g/mol. The van der Waals surface area contributed by atoms with Crippen molar-refractivity contribution in [3.63, 3.8) is 0 Å². The number of rotatable bonds is 7. The molecule has 0 aromatic carbocycles. The van der Waals surface area contributed by atoms with Crippen LogP contribution in [0.4, 0.5) is 0 Å². The smallest absolute Gasteiger partial charge is 0.333 e. The van der Waals surface area contributed by atoms with Gasteiger partial charge < -0.3 is 9.16 Å². The van der Waals surface area contributed by atoms with E-state index in [1.165, 1.54) is 0 Å². The van der Waals surface area contributed by atoms with Crippen LogP contribution in [0.1, 0.15) is 40.0 Å². The van der Waals surface area contributed by atoms with Crippen molar-refractivity contribution in [2.75, 3.05) is 6.61 Å². The van der Waals surface area contributed by atoms with E-state index in [2.05, 4.69) is 20.4 Å². The molecule has 0 fully saturated rings. The van der Waals surface area contributed by atoms with Crippen LogP contribution in [0.15, 0.2) is 12.2 Å². The summed E-state index contributed by atoms with van der Waals surface area (Å²) in [7, 11) is 0.764. The van der Waals surface area contributed by atoms with E-state index in [1.54, 1.807) is 6.92 Å². The van der Waals surface area contributed by atoms with E-state index in [0.717, 1.165) is 29.7 Å². The Labute approximate surface area is 95.4 Å². The first kappa shape index (κ1) is 14.4. The first-order valence-corrected chi connectivity index (χ1v) is 6.08. The number of unbranched alkanes of at least 4 members (excludes halogenated alkanes) is 1. The van der Waals surface area contributed by atoms with Crippen LogP contribution < -0.4 is 0 Å². The van der Waals surface area contributed by atoms with Crippen LogP contribution >= 0.6 is 0 Å². The van der Waals surface area contributed by atoms with Gasteiger partial charge in [0.15, 0.2) is 0 Å².